The highest BCUT2D eigenvalue weighted by Crippen LogP contribution is 2.30. The second kappa shape index (κ2) is 9.93. The topological polar surface area (TPSA) is 118 Å². The summed E-state index contributed by atoms with van der Waals surface area (Å²) in [5.74, 6) is -13.1. The summed E-state index contributed by atoms with van der Waals surface area (Å²) < 4.78 is 112. The Labute approximate surface area is 200 Å². The zero-order valence-electron chi connectivity index (χ0n) is 18.3. The lowest BCUT2D eigenvalue weighted by Crippen LogP contribution is -2.59. The Kier molecular flexibility index (Phi) is 7.50. The predicted octanol–water partition coefficient (Wildman–Crippen LogP) is 2.03. The maximum absolute atomic E-state index is 15.1. The van der Waals surface area contributed by atoms with Crippen molar-refractivity contribution in [1.82, 2.24) is 14.2 Å². The molecule has 2 amide bonds. The number of halogens is 6. The van der Waals surface area contributed by atoms with Crippen molar-refractivity contribution in [3.8, 4) is 0 Å². The van der Waals surface area contributed by atoms with Gasteiger partial charge in [-0.2, -0.15) is 0 Å². The summed E-state index contributed by atoms with van der Waals surface area (Å²) >= 11 is 0. The molecule has 1 fully saturated rings. The number of nitrogens with one attached hydrogen (secondary N) is 2. The van der Waals surface area contributed by atoms with Crippen LogP contribution in [0.15, 0.2) is 23.2 Å². The van der Waals surface area contributed by atoms with Gasteiger partial charge in [0.15, 0.2) is 23.3 Å². The molecule has 2 N–H and O–H groups in total. The molecule has 0 radical (unpaired) electrons. The number of alkyl halides is 2. The van der Waals surface area contributed by atoms with Crippen LogP contribution in [0.4, 0.5) is 32.0 Å². The Bertz CT molecular complexity index is 1310. The number of likely N-dealkylation sites (tertiary alicyclic amines) is 1. The number of aldehydes is 1. The summed E-state index contributed by atoms with van der Waals surface area (Å²) in [5, 5.41) is 1.92. The molecule has 0 aliphatic carbocycles. The lowest BCUT2D eigenvalue weighted by molar-refractivity contribution is -0.148. The van der Waals surface area contributed by atoms with Crippen LogP contribution in [0.3, 0.4) is 0 Å². The number of carbonyl (C=O) groups excluding carboxylic acids is 3. The first kappa shape index (κ1) is 27.2. The second-order valence-electron chi connectivity index (χ2n) is 7.75. The van der Waals surface area contributed by atoms with Gasteiger partial charge in [0.05, 0.1) is 12.6 Å². The number of piperidine rings is 1. The number of benzene rings is 1. The number of aromatic nitrogens is 1. The van der Waals surface area contributed by atoms with Crippen LogP contribution in [-0.2, 0) is 26.2 Å². The number of hydrogen-bond acceptors (Lipinski definition) is 5. The monoisotopic (exact) mass is 540 g/mol. The average Bonchev–Trinajstić information content (AvgIpc) is 3.15. The molecule has 1 aliphatic rings. The van der Waals surface area contributed by atoms with Crippen molar-refractivity contribution in [3.05, 3.63) is 47.3 Å². The van der Waals surface area contributed by atoms with Gasteiger partial charge in [-0.05, 0) is 13.3 Å². The summed E-state index contributed by atoms with van der Waals surface area (Å²) in [6.07, 6.45) is -0.0940. The number of sulfonamides is 1. The minimum absolute atomic E-state index is 0.162. The zero-order chi connectivity index (χ0) is 27.0. The van der Waals surface area contributed by atoms with Crippen LogP contribution in [0.25, 0.3) is 0 Å². The van der Waals surface area contributed by atoms with E-state index in [1.165, 1.54) is 6.92 Å². The number of hydrogen-bond donors (Lipinski definition) is 2. The third-order valence-electron chi connectivity index (χ3n) is 5.38. The van der Waals surface area contributed by atoms with E-state index in [0.29, 0.717) is 23.2 Å². The fraction of sp³-hybridized carbons (Fsp3) is 0.350. The van der Waals surface area contributed by atoms with Gasteiger partial charge >= 0.3 is 0 Å². The lowest BCUT2D eigenvalue weighted by Gasteiger charge is -2.37. The van der Waals surface area contributed by atoms with Gasteiger partial charge in [-0.15, -0.1) is 0 Å². The molecule has 0 saturated carbocycles. The predicted molar refractivity (Wildman–Crippen MR) is 111 cm³/mol. The van der Waals surface area contributed by atoms with Crippen molar-refractivity contribution >= 4 is 33.8 Å². The fourth-order valence-corrected chi connectivity index (χ4v) is 4.98. The van der Waals surface area contributed by atoms with Gasteiger partial charge in [-0.3, -0.25) is 14.4 Å². The Morgan fingerprint density at radius 1 is 1.14 bits per heavy atom. The summed E-state index contributed by atoms with van der Waals surface area (Å²) in [6.45, 7) is -0.416. The maximum Gasteiger partial charge on any atom is 0.286 e. The number of aryl methyl sites for hydroxylation is 1. The van der Waals surface area contributed by atoms with E-state index < -0.39 is 86.3 Å². The van der Waals surface area contributed by atoms with Crippen molar-refractivity contribution in [2.24, 2.45) is 0 Å². The highest BCUT2D eigenvalue weighted by Gasteiger charge is 2.48. The van der Waals surface area contributed by atoms with Crippen LogP contribution in [0, 0.1) is 23.3 Å². The first-order valence-electron chi connectivity index (χ1n) is 10.2. The molecule has 16 heteroatoms. The van der Waals surface area contributed by atoms with Crippen LogP contribution in [0.5, 0.6) is 0 Å². The van der Waals surface area contributed by atoms with Gasteiger partial charge in [-0.1, -0.05) is 0 Å². The molecule has 1 aliphatic heterocycles. The number of rotatable bonds is 7. The smallest absolute Gasteiger partial charge is 0.286 e. The molecule has 0 bridgehead atoms. The Morgan fingerprint density at radius 3 is 2.28 bits per heavy atom. The molecule has 9 nitrogen and oxygen atoms in total. The summed E-state index contributed by atoms with van der Waals surface area (Å²) in [6, 6.07) is -1.24. The van der Waals surface area contributed by atoms with Crippen molar-refractivity contribution in [2.45, 2.75) is 36.7 Å². The molecule has 2 heterocycles. The highest BCUT2D eigenvalue weighted by atomic mass is 32.2. The molecule has 1 saturated heterocycles. The zero-order valence-corrected chi connectivity index (χ0v) is 19.1. The molecule has 2 aromatic rings. The SMILES string of the molecule is CCn1cc(S(=O)(=O)NC2CCN(C(=O)C=O)CC2(F)F)c(F)c1C(=O)Nc1cc(F)c(F)c(F)c1. The van der Waals surface area contributed by atoms with E-state index >= 15 is 4.39 Å². The maximum atomic E-state index is 15.1. The van der Waals surface area contributed by atoms with Gasteiger partial charge in [0.1, 0.15) is 10.6 Å². The van der Waals surface area contributed by atoms with E-state index in [2.05, 4.69) is 0 Å². The van der Waals surface area contributed by atoms with Gasteiger partial charge < -0.3 is 14.8 Å². The van der Waals surface area contributed by atoms with Crippen LogP contribution < -0.4 is 10.0 Å². The molecule has 36 heavy (non-hydrogen) atoms. The summed E-state index contributed by atoms with van der Waals surface area (Å²) in [4.78, 5) is 33.9. The minimum Gasteiger partial charge on any atom is -0.340 e. The summed E-state index contributed by atoms with van der Waals surface area (Å²) in [5.41, 5.74) is -1.50. The third kappa shape index (κ3) is 5.23. The largest absolute Gasteiger partial charge is 0.340 e. The first-order chi connectivity index (χ1) is 16.7. The summed E-state index contributed by atoms with van der Waals surface area (Å²) in [7, 11) is -4.99. The van der Waals surface area contributed by atoms with Gasteiger partial charge in [0, 0.05) is 37.1 Å². The second-order valence-corrected chi connectivity index (χ2v) is 9.43. The molecular formula is C20H18F6N4O5S. The van der Waals surface area contributed by atoms with Crippen LogP contribution in [0.1, 0.15) is 23.8 Å². The number of amides is 2. The Morgan fingerprint density at radius 2 is 1.75 bits per heavy atom. The van der Waals surface area contributed by atoms with Crippen LogP contribution >= 0.6 is 0 Å². The molecule has 3 rings (SSSR count). The average molecular weight is 540 g/mol. The highest BCUT2D eigenvalue weighted by molar-refractivity contribution is 7.89. The quantitative estimate of drug-likeness (QED) is 0.241. The van der Waals surface area contributed by atoms with E-state index in [0.717, 1.165) is 4.57 Å². The van der Waals surface area contributed by atoms with Crippen LogP contribution in [0.2, 0.25) is 0 Å². The van der Waals surface area contributed by atoms with Crippen molar-refractivity contribution < 1.29 is 49.1 Å². The number of anilines is 1. The number of nitrogens with zero attached hydrogens (tertiary/aromatic N) is 2. The van der Waals surface area contributed by atoms with Crippen LogP contribution in [-0.4, -0.2) is 61.0 Å². The molecule has 0 spiro atoms. The van der Waals surface area contributed by atoms with Crippen molar-refractivity contribution in [3.63, 3.8) is 0 Å². The van der Waals surface area contributed by atoms with Gasteiger partial charge in [0.25, 0.3) is 17.7 Å². The van der Waals surface area contributed by atoms with Crippen molar-refractivity contribution in [1.29, 1.82) is 0 Å². The number of carbonyl (C=O) groups is 3. The van der Waals surface area contributed by atoms with Gasteiger partial charge in [-0.25, -0.2) is 39.5 Å². The van der Waals surface area contributed by atoms with E-state index in [1.807, 2.05) is 5.32 Å². The van der Waals surface area contributed by atoms with E-state index in [4.69, 9.17) is 0 Å². The van der Waals surface area contributed by atoms with Crippen molar-refractivity contribution in [2.75, 3.05) is 18.4 Å². The fourth-order valence-electron chi connectivity index (χ4n) is 3.59. The third-order valence-corrected chi connectivity index (χ3v) is 6.84. The Balaban J connectivity index is 1.88. The van der Waals surface area contributed by atoms with E-state index in [-0.39, 0.29) is 19.4 Å². The van der Waals surface area contributed by atoms with E-state index in [9.17, 15) is 44.8 Å². The molecule has 196 valence electrons. The first-order valence-corrected chi connectivity index (χ1v) is 11.7. The lowest BCUT2D eigenvalue weighted by atomic mass is 10.0. The van der Waals surface area contributed by atoms with E-state index in [1.54, 1.807) is 4.72 Å². The normalized spacial score (nSPS) is 17.6. The molecule has 1 aromatic heterocycles. The standard InChI is InChI=1S/C20H18F6N4O5S/c1-2-29-7-13(17(24)18(29)19(33)27-10-5-11(21)16(23)12(22)6-10)36(34,35)28-14-3-4-30(15(32)8-31)9-20(14,25)26/h5-8,14,28H,2-4,9H2,1H3,(H,27,33). The molecule has 1 aromatic carbocycles. The molecule has 1 atom stereocenters. The Hall–Kier alpha value is -3.40. The van der Waals surface area contributed by atoms with Gasteiger partial charge in [0.2, 0.25) is 16.3 Å². The molecular weight excluding hydrogens is 522 g/mol. The molecule has 1 unspecified atom stereocenters. The minimum atomic E-state index is -4.99.